The predicted molar refractivity (Wildman–Crippen MR) is 100.0 cm³/mol. The van der Waals surface area contributed by atoms with Gasteiger partial charge in [-0.2, -0.15) is 10.4 Å². The first-order valence-electron chi connectivity index (χ1n) is 8.47. The van der Waals surface area contributed by atoms with Crippen molar-refractivity contribution >= 4 is 5.91 Å². The summed E-state index contributed by atoms with van der Waals surface area (Å²) in [4.78, 5) is 14.6. The van der Waals surface area contributed by atoms with Crippen molar-refractivity contribution in [1.82, 2.24) is 14.7 Å². The fraction of sp³-hybridized carbons (Fsp3) is 0.190. The van der Waals surface area contributed by atoms with Crippen molar-refractivity contribution in [3.05, 3.63) is 82.4 Å². The maximum Gasteiger partial charge on any atom is 0.257 e. The van der Waals surface area contributed by atoms with E-state index in [2.05, 4.69) is 11.2 Å². The molecule has 0 N–H and O–H groups in total. The van der Waals surface area contributed by atoms with Crippen molar-refractivity contribution in [2.45, 2.75) is 20.4 Å². The first-order valence-corrected chi connectivity index (χ1v) is 8.47. The lowest BCUT2D eigenvalue weighted by molar-refractivity contribution is 0.0783. The zero-order valence-corrected chi connectivity index (χ0v) is 15.4. The Bertz CT molecular complexity index is 1030. The van der Waals surface area contributed by atoms with Crippen LogP contribution in [0.25, 0.3) is 5.69 Å². The zero-order valence-electron chi connectivity index (χ0n) is 15.4. The number of rotatable bonds is 4. The molecule has 1 aromatic heterocycles. The van der Waals surface area contributed by atoms with Crippen LogP contribution in [-0.2, 0) is 6.54 Å². The van der Waals surface area contributed by atoms with E-state index >= 15 is 0 Å². The maximum atomic E-state index is 13.2. The van der Waals surface area contributed by atoms with Crippen LogP contribution < -0.4 is 0 Å². The summed E-state index contributed by atoms with van der Waals surface area (Å²) in [5.74, 6) is -0.475. The van der Waals surface area contributed by atoms with Crippen molar-refractivity contribution in [3.8, 4) is 11.8 Å². The van der Waals surface area contributed by atoms with Gasteiger partial charge < -0.3 is 4.90 Å². The van der Waals surface area contributed by atoms with Gasteiger partial charge in [-0.3, -0.25) is 4.79 Å². The van der Waals surface area contributed by atoms with Crippen molar-refractivity contribution in [3.63, 3.8) is 0 Å². The SMILES string of the molecule is Cc1nn(-c2ccc(F)cc2)c(C)c1C(=O)N(C)Cc1cccc(C#N)c1. The number of hydrogen-bond acceptors (Lipinski definition) is 3. The highest BCUT2D eigenvalue weighted by Gasteiger charge is 2.22. The molecule has 6 heteroatoms. The summed E-state index contributed by atoms with van der Waals surface area (Å²) in [6.45, 7) is 3.99. The van der Waals surface area contributed by atoms with Crippen molar-refractivity contribution in [1.29, 1.82) is 5.26 Å². The summed E-state index contributed by atoms with van der Waals surface area (Å²) < 4.78 is 14.8. The molecule has 1 heterocycles. The second kappa shape index (κ2) is 7.42. The lowest BCUT2D eigenvalue weighted by atomic mass is 10.1. The third-order valence-electron chi connectivity index (χ3n) is 4.40. The molecule has 2 aromatic carbocycles. The Morgan fingerprint density at radius 2 is 1.93 bits per heavy atom. The average molecular weight is 362 g/mol. The lowest BCUT2D eigenvalue weighted by Gasteiger charge is -2.18. The van der Waals surface area contributed by atoms with Crippen LogP contribution in [-0.4, -0.2) is 27.6 Å². The molecule has 0 aliphatic carbocycles. The molecule has 0 unspecified atom stereocenters. The van der Waals surface area contributed by atoms with E-state index < -0.39 is 0 Å². The summed E-state index contributed by atoms with van der Waals surface area (Å²) in [5, 5.41) is 13.5. The molecule has 0 saturated carbocycles. The van der Waals surface area contributed by atoms with Gasteiger partial charge in [0.05, 0.1) is 34.3 Å². The van der Waals surface area contributed by atoms with Crippen LogP contribution in [0.3, 0.4) is 0 Å². The Hall–Kier alpha value is -3.46. The summed E-state index contributed by atoms with van der Waals surface area (Å²) in [7, 11) is 1.72. The van der Waals surface area contributed by atoms with Gasteiger partial charge in [-0.1, -0.05) is 12.1 Å². The summed E-state index contributed by atoms with van der Waals surface area (Å²) >= 11 is 0. The third kappa shape index (κ3) is 3.72. The molecule has 0 spiro atoms. The monoisotopic (exact) mass is 362 g/mol. The highest BCUT2D eigenvalue weighted by atomic mass is 19.1. The molecule has 0 atom stereocenters. The Kier molecular flexibility index (Phi) is 5.04. The minimum Gasteiger partial charge on any atom is -0.337 e. The van der Waals surface area contributed by atoms with E-state index in [0.717, 1.165) is 5.56 Å². The van der Waals surface area contributed by atoms with E-state index in [4.69, 9.17) is 5.26 Å². The molecule has 0 saturated heterocycles. The summed E-state index contributed by atoms with van der Waals surface area (Å²) in [6.07, 6.45) is 0. The first-order chi connectivity index (χ1) is 12.9. The van der Waals surface area contributed by atoms with Gasteiger partial charge in [0.25, 0.3) is 5.91 Å². The highest BCUT2D eigenvalue weighted by Crippen LogP contribution is 2.20. The number of aromatic nitrogens is 2. The zero-order chi connectivity index (χ0) is 19.6. The number of nitriles is 1. The normalized spacial score (nSPS) is 10.5. The van der Waals surface area contributed by atoms with Crippen LogP contribution in [0.2, 0.25) is 0 Å². The van der Waals surface area contributed by atoms with Crippen molar-refractivity contribution in [2.75, 3.05) is 7.05 Å². The molecule has 0 aliphatic rings. The van der Waals surface area contributed by atoms with Crippen LogP contribution in [0.4, 0.5) is 4.39 Å². The molecule has 0 bridgehead atoms. The predicted octanol–water partition coefficient (Wildman–Crippen LogP) is 3.77. The molecule has 3 rings (SSSR count). The number of nitrogens with zero attached hydrogens (tertiary/aromatic N) is 4. The number of benzene rings is 2. The molecule has 136 valence electrons. The molecule has 0 radical (unpaired) electrons. The molecule has 1 amide bonds. The standard InChI is InChI=1S/C21H19FN4O/c1-14-20(15(2)26(24-14)19-9-7-18(22)8-10-19)21(27)25(3)13-17-6-4-5-16(11-17)12-23/h4-11H,13H2,1-3H3. The van der Waals surface area contributed by atoms with Gasteiger partial charge in [0.2, 0.25) is 0 Å². The quantitative estimate of drug-likeness (QED) is 0.710. The fourth-order valence-electron chi connectivity index (χ4n) is 3.06. The Morgan fingerprint density at radius 1 is 1.22 bits per heavy atom. The second-order valence-corrected chi connectivity index (χ2v) is 6.41. The van der Waals surface area contributed by atoms with Gasteiger partial charge in [0.1, 0.15) is 5.82 Å². The fourth-order valence-corrected chi connectivity index (χ4v) is 3.06. The Morgan fingerprint density at radius 3 is 2.59 bits per heavy atom. The second-order valence-electron chi connectivity index (χ2n) is 6.41. The van der Waals surface area contributed by atoms with E-state index in [-0.39, 0.29) is 11.7 Å². The van der Waals surface area contributed by atoms with Gasteiger partial charge >= 0.3 is 0 Å². The lowest BCUT2D eigenvalue weighted by Crippen LogP contribution is -2.27. The first kappa shape index (κ1) is 18.3. The van der Waals surface area contributed by atoms with Gasteiger partial charge in [0.15, 0.2) is 0 Å². The van der Waals surface area contributed by atoms with Gasteiger partial charge in [-0.15, -0.1) is 0 Å². The van der Waals surface area contributed by atoms with Crippen LogP contribution in [0.1, 0.15) is 32.9 Å². The number of carbonyl (C=O) groups excluding carboxylic acids is 1. The number of hydrogen-bond donors (Lipinski definition) is 0. The van der Waals surface area contributed by atoms with E-state index in [0.29, 0.717) is 34.7 Å². The van der Waals surface area contributed by atoms with Crippen LogP contribution >= 0.6 is 0 Å². The molecular weight excluding hydrogens is 343 g/mol. The van der Waals surface area contributed by atoms with Crippen LogP contribution in [0.5, 0.6) is 0 Å². The maximum absolute atomic E-state index is 13.2. The summed E-state index contributed by atoms with van der Waals surface area (Å²) in [5.41, 5.74) is 3.97. The minimum absolute atomic E-state index is 0.152. The van der Waals surface area contributed by atoms with E-state index in [9.17, 15) is 9.18 Å². The van der Waals surface area contributed by atoms with Crippen LogP contribution in [0, 0.1) is 31.0 Å². The van der Waals surface area contributed by atoms with Gasteiger partial charge in [-0.25, -0.2) is 9.07 Å². The number of halogens is 1. The minimum atomic E-state index is -0.323. The average Bonchev–Trinajstić information content (AvgIpc) is 2.96. The van der Waals surface area contributed by atoms with Gasteiger partial charge in [-0.05, 0) is 55.8 Å². The topological polar surface area (TPSA) is 61.9 Å². The number of aryl methyl sites for hydroxylation is 1. The Labute approximate surface area is 157 Å². The van der Waals surface area contributed by atoms with E-state index in [1.165, 1.54) is 12.1 Å². The van der Waals surface area contributed by atoms with Crippen LogP contribution in [0.15, 0.2) is 48.5 Å². The number of amides is 1. The molecular formula is C21H19FN4O. The Balaban J connectivity index is 1.88. The van der Waals surface area contributed by atoms with Crippen molar-refractivity contribution in [2.24, 2.45) is 0 Å². The summed E-state index contributed by atoms with van der Waals surface area (Å²) in [6, 6.07) is 15.3. The smallest absolute Gasteiger partial charge is 0.257 e. The molecule has 0 fully saturated rings. The van der Waals surface area contributed by atoms with E-state index in [1.807, 2.05) is 13.0 Å². The molecule has 0 aliphatic heterocycles. The van der Waals surface area contributed by atoms with Gasteiger partial charge in [0, 0.05) is 13.6 Å². The highest BCUT2D eigenvalue weighted by molar-refractivity contribution is 5.96. The third-order valence-corrected chi connectivity index (χ3v) is 4.40. The van der Waals surface area contributed by atoms with Crippen molar-refractivity contribution < 1.29 is 9.18 Å². The molecule has 3 aromatic rings. The molecule has 5 nitrogen and oxygen atoms in total. The number of carbonyl (C=O) groups is 1. The molecule has 27 heavy (non-hydrogen) atoms. The largest absolute Gasteiger partial charge is 0.337 e. The van der Waals surface area contributed by atoms with E-state index in [1.54, 1.807) is 53.9 Å².